The zero-order chi connectivity index (χ0) is 19.3. The second-order valence-corrected chi connectivity index (χ2v) is 5.10. The highest BCUT2D eigenvalue weighted by atomic mass is 19.4. The van der Waals surface area contributed by atoms with E-state index in [9.17, 15) is 31.9 Å². The molecular weight excluding hydrogens is 353 g/mol. The summed E-state index contributed by atoms with van der Waals surface area (Å²) in [6.07, 6.45) is -8.36. The van der Waals surface area contributed by atoms with Gasteiger partial charge >= 0.3 is 12.1 Å². The molecule has 0 fully saturated rings. The van der Waals surface area contributed by atoms with E-state index in [1.54, 1.807) is 24.3 Å². The van der Waals surface area contributed by atoms with Crippen LogP contribution in [0, 0.1) is 0 Å². The van der Waals surface area contributed by atoms with Crippen molar-refractivity contribution in [2.24, 2.45) is 5.73 Å². The van der Waals surface area contributed by atoms with Crippen LogP contribution in [0.25, 0.3) is 0 Å². The van der Waals surface area contributed by atoms with Crippen molar-refractivity contribution < 1.29 is 36.6 Å². The summed E-state index contributed by atoms with van der Waals surface area (Å²) in [7, 11) is 1.45. The maximum absolute atomic E-state index is 13.6. The van der Waals surface area contributed by atoms with E-state index in [-0.39, 0.29) is 0 Å². The van der Waals surface area contributed by atoms with Gasteiger partial charge in [0.05, 0.1) is 13.3 Å². The lowest BCUT2D eigenvalue weighted by molar-refractivity contribution is -0.169. The standard InChI is InChI=1S/C14H18F5N3O3/c1-25-9-4-2-8(3-5-9)11(20)21-6-10(23)14(18,19)12(24)22-7-13(15,16)17/h2-5,10-11,21,23H,6-7,20H2,1H3,(H,22,24). The third-order valence-electron chi connectivity index (χ3n) is 3.18. The van der Waals surface area contributed by atoms with Crippen LogP contribution < -0.4 is 21.1 Å². The molecule has 0 saturated carbocycles. The van der Waals surface area contributed by atoms with E-state index in [0.29, 0.717) is 11.3 Å². The Morgan fingerprint density at radius 1 is 1.24 bits per heavy atom. The number of carbonyl (C=O) groups is 1. The van der Waals surface area contributed by atoms with Crippen LogP contribution in [-0.4, -0.2) is 49.4 Å². The van der Waals surface area contributed by atoms with Crippen molar-refractivity contribution in [2.45, 2.75) is 24.4 Å². The number of nitrogens with one attached hydrogen (secondary N) is 2. The van der Waals surface area contributed by atoms with Gasteiger partial charge in [-0.25, -0.2) is 0 Å². The van der Waals surface area contributed by atoms with E-state index in [1.165, 1.54) is 7.11 Å². The van der Waals surface area contributed by atoms with Crippen LogP contribution in [0.4, 0.5) is 22.0 Å². The summed E-state index contributed by atoms with van der Waals surface area (Å²) >= 11 is 0. The molecule has 0 aromatic heterocycles. The first-order chi connectivity index (χ1) is 11.5. The lowest BCUT2D eigenvalue weighted by atomic mass is 10.1. The first-order valence-electron chi connectivity index (χ1n) is 7.01. The van der Waals surface area contributed by atoms with Crippen molar-refractivity contribution >= 4 is 5.91 Å². The molecule has 5 N–H and O–H groups in total. The molecule has 0 saturated heterocycles. The molecule has 25 heavy (non-hydrogen) atoms. The summed E-state index contributed by atoms with van der Waals surface area (Å²) in [6.45, 7) is -2.74. The van der Waals surface area contributed by atoms with E-state index in [4.69, 9.17) is 10.5 Å². The van der Waals surface area contributed by atoms with Crippen LogP contribution in [0.5, 0.6) is 5.75 Å². The number of hydrogen-bond acceptors (Lipinski definition) is 5. The first kappa shape index (κ1) is 21.1. The number of rotatable bonds is 8. The Morgan fingerprint density at radius 3 is 2.28 bits per heavy atom. The molecule has 0 aliphatic heterocycles. The van der Waals surface area contributed by atoms with Gasteiger partial charge < -0.3 is 20.9 Å². The molecule has 6 nitrogen and oxygen atoms in total. The van der Waals surface area contributed by atoms with Gasteiger partial charge in [-0.15, -0.1) is 0 Å². The lowest BCUT2D eigenvalue weighted by Gasteiger charge is -2.24. The fraction of sp³-hybridized carbons (Fsp3) is 0.500. The quantitative estimate of drug-likeness (QED) is 0.403. The molecule has 1 aromatic rings. The lowest BCUT2D eigenvalue weighted by Crippen LogP contribution is -2.53. The average Bonchev–Trinajstić information content (AvgIpc) is 2.56. The SMILES string of the molecule is COc1ccc(C(N)NCC(O)C(F)(F)C(=O)NCC(F)(F)F)cc1. The van der Waals surface area contributed by atoms with Crippen LogP contribution >= 0.6 is 0 Å². The summed E-state index contributed by atoms with van der Waals surface area (Å²) in [4.78, 5) is 11.1. The number of nitrogens with two attached hydrogens (primary N) is 1. The molecule has 2 unspecified atom stereocenters. The van der Waals surface area contributed by atoms with Crippen LogP contribution in [0.2, 0.25) is 0 Å². The summed E-state index contributed by atoms with van der Waals surface area (Å²) in [5, 5.41) is 12.8. The maximum atomic E-state index is 13.6. The molecule has 1 aromatic carbocycles. The Hall–Kier alpha value is -1.98. The fourth-order valence-corrected chi connectivity index (χ4v) is 1.75. The molecule has 1 amide bonds. The van der Waals surface area contributed by atoms with Crippen molar-refractivity contribution in [3.05, 3.63) is 29.8 Å². The zero-order valence-electron chi connectivity index (χ0n) is 13.1. The zero-order valence-corrected chi connectivity index (χ0v) is 13.1. The summed E-state index contributed by atoms with van der Waals surface area (Å²) in [5.41, 5.74) is 6.20. The topological polar surface area (TPSA) is 96.6 Å². The minimum atomic E-state index is -4.84. The van der Waals surface area contributed by atoms with Gasteiger partial charge in [-0.1, -0.05) is 12.1 Å². The summed E-state index contributed by atoms with van der Waals surface area (Å²) in [5.74, 6) is -6.10. The smallest absolute Gasteiger partial charge is 0.405 e. The molecule has 11 heteroatoms. The second-order valence-electron chi connectivity index (χ2n) is 5.10. The molecule has 142 valence electrons. The number of aliphatic hydroxyl groups is 1. The molecule has 1 rings (SSSR count). The number of halogens is 5. The summed E-state index contributed by atoms with van der Waals surface area (Å²) in [6, 6.07) is 6.26. The summed E-state index contributed by atoms with van der Waals surface area (Å²) < 4.78 is 68.0. The normalized spacial score (nSPS) is 14.7. The van der Waals surface area contributed by atoms with E-state index in [2.05, 4.69) is 5.32 Å². The Labute approximate surface area is 140 Å². The molecule has 0 aliphatic rings. The molecular formula is C14H18F5N3O3. The van der Waals surface area contributed by atoms with Crippen molar-refractivity contribution in [1.82, 2.24) is 10.6 Å². The number of carbonyl (C=O) groups excluding carboxylic acids is 1. The predicted molar refractivity (Wildman–Crippen MR) is 77.9 cm³/mol. The molecule has 0 aliphatic carbocycles. The second kappa shape index (κ2) is 8.41. The molecule has 0 radical (unpaired) electrons. The Morgan fingerprint density at radius 2 is 1.80 bits per heavy atom. The minimum Gasteiger partial charge on any atom is -0.497 e. The van der Waals surface area contributed by atoms with Gasteiger partial charge in [-0.05, 0) is 17.7 Å². The monoisotopic (exact) mass is 371 g/mol. The predicted octanol–water partition coefficient (Wildman–Crippen LogP) is 0.917. The van der Waals surface area contributed by atoms with Gasteiger partial charge in [0.25, 0.3) is 5.91 Å². The molecule has 2 atom stereocenters. The molecule has 0 spiro atoms. The first-order valence-corrected chi connectivity index (χ1v) is 7.01. The highest BCUT2D eigenvalue weighted by Crippen LogP contribution is 2.21. The van der Waals surface area contributed by atoms with Gasteiger partial charge in [-0.3, -0.25) is 10.1 Å². The number of methoxy groups -OCH3 is 1. The van der Waals surface area contributed by atoms with Gasteiger partial charge in [0.1, 0.15) is 18.4 Å². The van der Waals surface area contributed by atoms with Gasteiger partial charge in [-0.2, -0.15) is 22.0 Å². The Kier molecular flexibility index (Phi) is 7.08. The third kappa shape index (κ3) is 6.44. The molecule has 0 heterocycles. The highest BCUT2D eigenvalue weighted by Gasteiger charge is 2.47. The van der Waals surface area contributed by atoms with Gasteiger partial charge in [0.2, 0.25) is 0 Å². The number of hydrogen-bond donors (Lipinski definition) is 4. The van der Waals surface area contributed by atoms with E-state index >= 15 is 0 Å². The number of benzene rings is 1. The van der Waals surface area contributed by atoms with Crippen LogP contribution in [0.15, 0.2) is 24.3 Å². The van der Waals surface area contributed by atoms with Crippen molar-refractivity contribution in [3.8, 4) is 5.75 Å². The number of alkyl halides is 5. The minimum absolute atomic E-state index is 0.484. The fourth-order valence-electron chi connectivity index (χ4n) is 1.75. The highest BCUT2D eigenvalue weighted by molar-refractivity contribution is 5.84. The van der Waals surface area contributed by atoms with Crippen LogP contribution in [-0.2, 0) is 4.79 Å². The maximum Gasteiger partial charge on any atom is 0.405 e. The Balaban J connectivity index is 2.57. The largest absolute Gasteiger partial charge is 0.497 e. The van der Waals surface area contributed by atoms with Crippen LogP contribution in [0.1, 0.15) is 11.7 Å². The number of ether oxygens (including phenoxy) is 1. The van der Waals surface area contributed by atoms with E-state index in [1.807, 2.05) is 0 Å². The average molecular weight is 371 g/mol. The third-order valence-corrected chi connectivity index (χ3v) is 3.18. The molecule has 0 bridgehead atoms. The van der Waals surface area contributed by atoms with Crippen molar-refractivity contribution in [2.75, 3.05) is 20.2 Å². The van der Waals surface area contributed by atoms with E-state index in [0.717, 1.165) is 5.32 Å². The van der Waals surface area contributed by atoms with Crippen LogP contribution in [0.3, 0.4) is 0 Å². The van der Waals surface area contributed by atoms with Crippen molar-refractivity contribution in [3.63, 3.8) is 0 Å². The van der Waals surface area contributed by atoms with Crippen molar-refractivity contribution in [1.29, 1.82) is 0 Å². The number of aliphatic hydroxyl groups excluding tert-OH is 1. The van der Waals surface area contributed by atoms with Gasteiger partial charge in [0.15, 0.2) is 0 Å². The number of amides is 1. The Bertz CT molecular complexity index is 566. The van der Waals surface area contributed by atoms with E-state index < -0.39 is 43.4 Å². The van der Waals surface area contributed by atoms with Gasteiger partial charge in [0, 0.05) is 6.54 Å².